The topological polar surface area (TPSA) is 79.4 Å². The van der Waals surface area contributed by atoms with Crippen LogP contribution in [0.5, 0.6) is 0 Å². The number of hydrogen-bond acceptors (Lipinski definition) is 4. The molecule has 9 heteroatoms. The molecule has 0 saturated heterocycles. The summed E-state index contributed by atoms with van der Waals surface area (Å²) in [5, 5.41) is 2.85. The highest BCUT2D eigenvalue weighted by Crippen LogP contribution is 2.27. The Kier molecular flexibility index (Phi) is 5.59. The summed E-state index contributed by atoms with van der Waals surface area (Å²) in [6.07, 6.45) is 3.03. The molecule has 2 aromatic rings. The lowest BCUT2D eigenvalue weighted by Gasteiger charge is -2.17. The lowest BCUT2D eigenvalue weighted by atomic mass is 10.4. The first-order valence-electron chi connectivity index (χ1n) is 6.42. The fourth-order valence-corrected chi connectivity index (χ4v) is 3.63. The molecule has 0 aliphatic rings. The molecular formula is C14H13Cl2N3O3S. The van der Waals surface area contributed by atoms with E-state index in [1.807, 2.05) is 0 Å². The Bertz CT molecular complexity index is 813. The van der Waals surface area contributed by atoms with Gasteiger partial charge < -0.3 is 5.32 Å². The number of likely N-dealkylation sites (N-methyl/N-ethyl adjacent to an activating group) is 1. The maximum absolute atomic E-state index is 12.5. The Balaban J connectivity index is 2.14. The number of rotatable bonds is 5. The summed E-state index contributed by atoms with van der Waals surface area (Å²) in [6, 6.07) is 7.32. The van der Waals surface area contributed by atoms with E-state index < -0.39 is 15.9 Å². The van der Waals surface area contributed by atoms with Crippen LogP contribution in [0.25, 0.3) is 0 Å². The molecule has 0 aliphatic heterocycles. The van der Waals surface area contributed by atoms with Crippen LogP contribution in [0.2, 0.25) is 10.0 Å². The zero-order valence-electron chi connectivity index (χ0n) is 12.0. The van der Waals surface area contributed by atoms with Gasteiger partial charge in [-0.15, -0.1) is 0 Å². The first kappa shape index (κ1) is 17.7. The number of anilines is 1. The van der Waals surface area contributed by atoms with Crippen molar-refractivity contribution in [3.05, 3.63) is 52.8 Å². The third-order valence-corrected chi connectivity index (χ3v) is 5.43. The van der Waals surface area contributed by atoms with Crippen LogP contribution in [0.4, 0.5) is 5.69 Å². The van der Waals surface area contributed by atoms with Crippen molar-refractivity contribution in [2.24, 2.45) is 0 Å². The van der Waals surface area contributed by atoms with Gasteiger partial charge >= 0.3 is 0 Å². The Labute approximate surface area is 144 Å². The summed E-state index contributed by atoms with van der Waals surface area (Å²) < 4.78 is 25.9. The number of sulfonamides is 1. The molecule has 1 aromatic heterocycles. The van der Waals surface area contributed by atoms with Gasteiger partial charge in [-0.2, -0.15) is 4.31 Å². The molecule has 0 fully saturated rings. The van der Waals surface area contributed by atoms with Crippen LogP contribution in [-0.4, -0.2) is 37.2 Å². The largest absolute Gasteiger partial charge is 0.325 e. The van der Waals surface area contributed by atoms with Gasteiger partial charge in [0.15, 0.2) is 0 Å². The molecule has 23 heavy (non-hydrogen) atoms. The van der Waals surface area contributed by atoms with Crippen molar-refractivity contribution in [2.75, 3.05) is 18.9 Å². The predicted octanol–water partition coefficient (Wildman–Crippen LogP) is 2.65. The average molecular weight is 374 g/mol. The predicted molar refractivity (Wildman–Crippen MR) is 89.1 cm³/mol. The number of nitrogens with zero attached hydrogens (tertiary/aromatic N) is 2. The van der Waals surface area contributed by atoms with Crippen LogP contribution < -0.4 is 5.32 Å². The van der Waals surface area contributed by atoms with Gasteiger partial charge in [0, 0.05) is 30.2 Å². The SMILES string of the molecule is CN(CC(=O)Nc1ccncc1)S(=O)(=O)c1cc(Cl)ccc1Cl. The van der Waals surface area contributed by atoms with Crippen LogP contribution in [0, 0.1) is 0 Å². The molecule has 1 heterocycles. The lowest BCUT2D eigenvalue weighted by Crippen LogP contribution is -2.35. The first-order chi connectivity index (χ1) is 10.8. The van der Waals surface area contributed by atoms with Gasteiger partial charge in [0.1, 0.15) is 4.90 Å². The normalized spacial score (nSPS) is 11.5. The number of nitrogens with one attached hydrogen (secondary N) is 1. The quantitative estimate of drug-likeness (QED) is 0.873. The molecule has 0 atom stereocenters. The number of carbonyl (C=O) groups excluding carboxylic acids is 1. The standard InChI is InChI=1S/C14H13Cl2N3O3S/c1-19(9-14(20)18-11-4-6-17-7-5-11)23(21,22)13-8-10(15)2-3-12(13)16/h2-8H,9H2,1H3,(H,17,18,20). The number of hydrogen-bond donors (Lipinski definition) is 1. The molecule has 1 aromatic carbocycles. The van der Waals surface area contributed by atoms with Gasteiger partial charge in [-0.1, -0.05) is 23.2 Å². The van der Waals surface area contributed by atoms with E-state index in [4.69, 9.17) is 23.2 Å². The fraction of sp³-hybridized carbons (Fsp3) is 0.143. The molecule has 0 saturated carbocycles. The zero-order chi connectivity index (χ0) is 17.0. The van der Waals surface area contributed by atoms with Crippen molar-refractivity contribution in [1.29, 1.82) is 0 Å². The summed E-state index contributed by atoms with van der Waals surface area (Å²) in [6.45, 7) is -0.368. The van der Waals surface area contributed by atoms with Crippen LogP contribution >= 0.6 is 23.2 Å². The van der Waals surface area contributed by atoms with Crippen molar-refractivity contribution in [1.82, 2.24) is 9.29 Å². The smallest absolute Gasteiger partial charge is 0.244 e. The zero-order valence-corrected chi connectivity index (χ0v) is 14.4. The Morgan fingerprint density at radius 3 is 2.52 bits per heavy atom. The lowest BCUT2D eigenvalue weighted by molar-refractivity contribution is -0.116. The van der Waals surface area contributed by atoms with E-state index in [9.17, 15) is 13.2 Å². The van der Waals surface area contributed by atoms with Crippen LogP contribution in [0.3, 0.4) is 0 Å². The Morgan fingerprint density at radius 1 is 1.22 bits per heavy atom. The minimum absolute atomic E-state index is 0.0378. The monoisotopic (exact) mass is 373 g/mol. The van der Waals surface area contributed by atoms with E-state index in [-0.39, 0.29) is 21.5 Å². The molecule has 0 radical (unpaired) electrons. The van der Waals surface area contributed by atoms with Crippen molar-refractivity contribution >= 4 is 44.8 Å². The molecule has 6 nitrogen and oxygen atoms in total. The molecule has 0 aliphatic carbocycles. The number of benzene rings is 1. The molecule has 1 N–H and O–H groups in total. The third kappa shape index (κ3) is 4.42. The third-order valence-electron chi connectivity index (χ3n) is 2.91. The van der Waals surface area contributed by atoms with Gasteiger partial charge in [0.25, 0.3) is 0 Å². The minimum Gasteiger partial charge on any atom is -0.325 e. The molecule has 0 spiro atoms. The summed E-state index contributed by atoms with van der Waals surface area (Å²) >= 11 is 11.7. The number of aromatic nitrogens is 1. The van der Waals surface area contributed by atoms with Gasteiger partial charge in [-0.25, -0.2) is 8.42 Å². The van der Waals surface area contributed by atoms with Gasteiger partial charge in [0.2, 0.25) is 15.9 Å². The van der Waals surface area contributed by atoms with E-state index in [0.717, 1.165) is 4.31 Å². The van der Waals surface area contributed by atoms with Gasteiger partial charge in [0.05, 0.1) is 11.6 Å². The summed E-state index contributed by atoms with van der Waals surface area (Å²) in [4.78, 5) is 15.6. The Hall–Kier alpha value is -1.67. The molecular weight excluding hydrogens is 361 g/mol. The van der Waals surface area contributed by atoms with Crippen LogP contribution in [0.15, 0.2) is 47.6 Å². The van der Waals surface area contributed by atoms with Crippen molar-refractivity contribution in [3.63, 3.8) is 0 Å². The maximum Gasteiger partial charge on any atom is 0.244 e. The molecule has 1 amide bonds. The van der Waals surface area contributed by atoms with E-state index in [1.165, 1.54) is 37.6 Å². The molecule has 2 rings (SSSR count). The van der Waals surface area contributed by atoms with E-state index in [0.29, 0.717) is 5.69 Å². The molecule has 122 valence electrons. The van der Waals surface area contributed by atoms with Crippen molar-refractivity contribution in [2.45, 2.75) is 4.90 Å². The van der Waals surface area contributed by atoms with Crippen LogP contribution in [0.1, 0.15) is 0 Å². The average Bonchev–Trinajstić information content (AvgIpc) is 2.50. The molecule has 0 unspecified atom stereocenters. The summed E-state index contributed by atoms with van der Waals surface area (Å²) in [5.41, 5.74) is 0.525. The highest BCUT2D eigenvalue weighted by atomic mass is 35.5. The van der Waals surface area contributed by atoms with E-state index >= 15 is 0 Å². The second-order valence-electron chi connectivity index (χ2n) is 4.62. The van der Waals surface area contributed by atoms with Gasteiger partial charge in [-0.3, -0.25) is 9.78 Å². The van der Waals surface area contributed by atoms with E-state index in [1.54, 1.807) is 12.1 Å². The van der Waals surface area contributed by atoms with E-state index in [2.05, 4.69) is 10.3 Å². The second-order valence-corrected chi connectivity index (χ2v) is 7.48. The highest BCUT2D eigenvalue weighted by molar-refractivity contribution is 7.89. The minimum atomic E-state index is -3.94. The number of pyridine rings is 1. The Morgan fingerprint density at radius 2 is 1.87 bits per heavy atom. The summed E-state index contributed by atoms with van der Waals surface area (Å²) in [5.74, 6) is -0.486. The second kappa shape index (κ2) is 7.27. The highest BCUT2D eigenvalue weighted by Gasteiger charge is 2.25. The van der Waals surface area contributed by atoms with Crippen molar-refractivity contribution < 1.29 is 13.2 Å². The summed E-state index contributed by atoms with van der Waals surface area (Å²) in [7, 11) is -2.65. The maximum atomic E-state index is 12.5. The van der Waals surface area contributed by atoms with Crippen LogP contribution in [-0.2, 0) is 14.8 Å². The first-order valence-corrected chi connectivity index (χ1v) is 8.61. The van der Waals surface area contributed by atoms with Crippen molar-refractivity contribution in [3.8, 4) is 0 Å². The fourth-order valence-electron chi connectivity index (χ4n) is 1.77. The van der Waals surface area contributed by atoms with Gasteiger partial charge in [-0.05, 0) is 30.3 Å². The number of halogens is 2. The number of amides is 1. The molecule has 0 bridgehead atoms. The number of carbonyl (C=O) groups is 1.